The molecule has 2 heterocycles. The van der Waals surface area contributed by atoms with Gasteiger partial charge in [-0.25, -0.2) is 13.1 Å². The van der Waals surface area contributed by atoms with E-state index in [0.29, 0.717) is 23.6 Å². The van der Waals surface area contributed by atoms with Gasteiger partial charge in [-0.15, -0.1) is 0 Å². The summed E-state index contributed by atoms with van der Waals surface area (Å²) in [5.41, 5.74) is 0.378. The second-order valence-electron chi connectivity index (χ2n) is 5.85. The zero-order valence-electron chi connectivity index (χ0n) is 14.8. The van der Waals surface area contributed by atoms with Gasteiger partial charge in [-0.3, -0.25) is 4.79 Å². The number of hydrogen-bond donors (Lipinski definition) is 1. The van der Waals surface area contributed by atoms with E-state index in [4.69, 9.17) is 8.83 Å². The zero-order chi connectivity index (χ0) is 19.3. The molecule has 2 aromatic heterocycles. The molecule has 0 bridgehead atoms. The second-order valence-corrected chi connectivity index (χ2v) is 7.61. The minimum Gasteiger partial charge on any atom is -0.467 e. The molecule has 7 nitrogen and oxygen atoms in total. The molecule has 0 aliphatic carbocycles. The van der Waals surface area contributed by atoms with Gasteiger partial charge < -0.3 is 13.7 Å². The summed E-state index contributed by atoms with van der Waals surface area (Å²) in [6.07, 6.45) is 3.09. The SMILES string of the molecule is CCNS(=O)(=O)c1ccc(C(=O)N(Cc2ccco2)Cc2ccco2)cc1. The first-order valence-electron chi connectivity index (χ1n) is 8.43. The molecular weight excluding hydrogens is 368 g/mol. The Morgan fingerprint density at radius 3 is 1.96 bits per heavy atom. The molecule has 27 heavy (non-hydrogen) atoms. The van der Waals surface area contributed by atoms with Crippen LogP contribution < -0.4 is 4.72 Å². The van der Waals surface area contributed by atoms with Gasteiger partial charge in [0.2, 0.25) is 10.0 Å². The molecule has 0 unspecified atom stereocenters. The fourth-order valence-electron chi connectivity index (χ4n) is 2.61. The number of carbonyl (C=O) groups excluding carboxylic acids is 1. The Hall–Kier alpha value is -2.84. The fourth-order valence-corrected chi connectivity index (χ4v) is 3.65. The number of carbonyl (C=O) groups is 1. The van der Waals surface area contributed by atoms with Crippen molar-refractivity contribution in [3.8, 4) is 0 Å². The highest BCUT2D eigenvalue weighted by molar-refractivity contribution is 7.89. The summed E-state index contributed by atoms with van der Waals surface area (Å²) in [4.78, 5) is 14.7. The van der Waals surface area contributed by atoms with Crippen molar-refractivity contribution in [1.29, 1.82) is 0 Å². The average Bonchev–Trinajstić information content (AvgIpc) is 3.35. The molecule has 0 saturated carbocycles. The Morgan fingerprint density at radius 1 is 0.963 bits per heavy atom. The summed E-state index contributed by atoms with van der Waals surface area (Å²) in [5, 5.41) is 0. The van der Waals surface area contributed by atoms with Crippen LogP contribution in [-0.2, 0) is 23.1 Å². The van der Waals surface area contributed by atoms with E-state index in [1.807, 2.05) is 0 Å². The van der Waals surface area contributed by atoms with Crippen LogP contribution in [0.1, 0.15) is 28.8 Å². The molecule has 0 atom stereocenters. The number of hydrogen-bond acceptors (Lipinski definition) is 5. The van der Waals surface area contributed by atoms with Crippen LogP contribution in [0.15, 0.2) is 74.8 Å². The number of sulfonamides is 1. The molecule has 1 aromatic carbocycles. The van der Waals surface area contributed by atoms with E-state index in [1.165, 1.54) is 24.3 Å². The molecule has 0 aliphatic heterocycles. The van der Waals surface area contributed by atoms with Crippen LogP contribution in [-0.4, -0.2) is 25.8 Å². The molecule has 0 fully saturated rings. The molecule has 1 amide bonds. The normalized spacial score (nSPS) is 11.4. The van der Waals surface area contributed by atoms with Crippen molar-refractivity contribution in [2.45, 2.75) is 24.9 Å². The lowest BCUT2D eigenvalue weighted by atomic mass is 10.2. The van der Waals surface area contributed by atoms with Gasteiger partial charge in [-0.1, -0.05) is 6.92 Å². The van der Waals surface area contributed by atoms with Gasteiger partial charge in [-0.05, 0) is 48.5 Å². The Morgan fingerprint density at radius 2 is 1.52 bits per heavy atom. The minimum atomic E-state index is -3.56. The van der Waals surface area contributed by atoms with E-state index in [9.17, 15) is 13.2 Å². The predicted octanol–water partition coefficient (Wildman–Crippen LogP) is 3.01. The van der Waals surface area contributed by atoms with Crippen molar-refractivity contribution in [3.05, 3.63) is 78.1 Å². The van der Waals surface area contributed by atoms with Gasteiger partial charge >= 0.3 is 0 Å². The lowest BCUT2D eigenvalue weighted by Crippen LogP contribution is -2.30. The van der Waals surface area contributed by atoms with E-state index in [0.717, 1.165) is 0 Å². The molecule has 3 rings (SSSR count). The number of amides is 1. The second kappa shape index (κ2) is 8.24. The van der Waals surface area contributed by atoms with Crippen LogP contribution in [0.25, 0.3) is 0 Å². The summed E-state index contributed by atoms with van der Waals surface area (Å²) in [6, 6.07) is 12.9. The highest BCUT2D eigenvalue weighted by atomic mass is 32.2. The third-order valence-electron chi connectivity index (χ3n) is 3.89. The first kappa shape index (κ1) is 18.9. The maximum atomic E-state index is 13.0. The van der Waals surface area contributed by atoms with E-state index in [1.54, 1.807) is 48.6 Å². The summed E-state index contributed by atoms with van der Waals surface area (Å²) < 4.78 is 37.2. The van der Waals surface area contributed by atoms with Crippen molar-refractivity contribution in [3.63, 3.8) is 0 Å². The van der Waals surface area contributed by atoms with Crippen LogP contribution in [0.4, 0.5) is 0 Å². The Balaban J connectivity index is 1.82. The summed E-state index contributed by atoms with van der Waals surface area (Å²) in [7, 11) is -3.56. The van der Waals surface area contributed by atoms with Gasteiger partial charge in [0.25, 0.3) is 5.91 Å². The first-order chi connectivity index (χ1) is 13.0. The van der Waals surface area contributed by atoms with Gasteiger partial charge in [0.15, 0.2) is 0 Å². The summed E-state index contributed by atoms with van der Waals surface area (Å²) in [5.74, 6) is 1.03. The van der Waals surface area contributed by atoms with Crippen LogP contribution in [0.5, 0.6) is 0 Å². The number of nitrogens with zero attached hydrogens (tertiary/aromatic N) is 1. The standard InChI is InChI=1S/C19H20N2O5S/c1-2-20-27(23,24)18-9-7-15(8-10-18)19(22)21(13-16-5-3-11-25-16)14-17-6-4-12-26-17/h3-12,20H,2,13-14H2,1H3. The van der Waals surface area contributed by atoms with Crippen LogP contribution >= 0.6 is 0 Å². The number of furan rings is 2. The highest BCUT2D eigenvalue weighted by Crippen LogP contribution is 2.17. The van der Waals surface area contributed by atoms with Crippen LogP contribution in [0, 0.1) is 0 Å². The van der Waals surface area contributed by atoms with Gasteiger partial charge in [0, 0.05) is 12.1 Å². The molecule has 8 heteroatoms. The molecule has 0 aliphatic rings. The smallest absolute Gasteiger partial charge is 0.254 e. The number of nitrogens with one attached hydrogen (secondary N) is 1. The van der Waals surface area contributed by atoms with Crippen LogP contribution in [0.3, 0.4) is 0 Å². The Bertz CT molecular complexity index is 926. The van der Waals surface area contributed by atoms with Gasteiger partial charge in [0.1, 0.15) is 11.5 Å². The number of rotatable bonds is 8. The minimum absolute atomic E-state index is 0.115. The predicted molar refractivity (Wildman–Crippen MR) is 98.3 cm³/mol. The molecule has 0 spiro atoms. The molecular formula is C19H20N2O5S. The van der Waals surface area contributed by atoms with E-state index in [2.05, 4.69) is 4.72 Å². The molecule has 0 radical (unpaired) electrons. The van der Waals surface area contributed by atoms with Gasteiger partial charge in [-0.2, -0.15) is 0 Å². The zero-order valence-corrected chi connectivity index (χ0v) is 15.6. The topological polar surface area (TPSA) is 92.8 Å². The Kier molecular flexibility index (Phi) is 5.78. The summed E-state index contributed by atoms with van der Waals surface area (Å²) in [6.45, 7) is 2.54. The first-order valence-corrected chi connectivity index (χ1v) is 9.91. The van der Waals surface area contributed by atoms with Crippen molar-refractivity contribution >= 4 is 15.9 Å². The fraction of sp³-hybridized carbons (Fsp3) is 0.211. The summed E-state index contributed by atoms with van der Waals surface area (Å²) >= 11 is 0. The maximum absolute atomic E-state index is 13.0. The van der Waals surface area contributed by atoms with Crippen LogP contribution in [0.2, 0.25) is 0 Å². The lowest BCUT2D eigenvalue weighted by Gasteiger charge is -2.21. The van der Waals surface area contributed by atoms with Crippen molar-refractivity contribution < 1.29 is 22.0 Å². The van der Waals surface area contributed by atoms with E-state index >= 15 is 0 Å². The van der Waals surface area contributed by atoms with Crippen molar-refractivity contribution in [1.82, 2.24) is 9.62 Å². The van der Waals surface area contributed by atoms with E-state index in [-0.39, 0.29) is 23.9 Å². The molecule has 0 saturated heterocycles. The monoisotopic (exact) mass is 388 g/mol. The lowest BCUT2D eigenvalue weighted by molar-refractivity contribution is 0.0704. The third-order valence-corrected chi connectivity index (χ3v) is 5.45. The molecule has 1 N–H and O–H groups in total. The maximum Gasteiger partial charge on any atom is 0.254 e. The van der Waals surface area contributed by atoms with Gasteiger partial charge in [0.05, 0.1) is 30.5 Å². The largest absolute Gasteiger partial charge is 0.467 e. The molecule has 142 valence electrons. The highest BCUT2D eigenvalue weighted by Gasteiger charge is 2.20. The van der Waals surface area contributed by atoms with E-state index < -0.39 is 10.0 Å². The van der Waals surface area contributed by atoms with Crippen molar-refractivity contribution in [2.24, 2.45) is 0 Å². The number of benzene rings is 1. The average molecular weight is 388 g/mol. The third kappa shape index (κ3) is 4.66. The molecule has 3 aromatic rings. The quantitative estimate of drug-likeness (QED) is 0.640. The Labute approximate surface area is 157 Å². The van der Waals surface area contributed by atoms with Crippen molar-refractivity contribution in [2.75, 3.05) is 6.54 Å².